The van der Waals surface area contributed by atoms with Crippen molar-refractivity contribution in [3.63, 3.8) is 0 Å². The SMILES string of the molecule is COc1c(C)cc(C(=O)c2nccc3cc(C)c(C)cc23)cc1C. The zero-order valence-corrected chi connectivity index (χ0v) is 14.7. The highest BCUT2D eigenvalue weighted by molar-refractivity contribution is 6.15. The molecule has 0 aliphatic carbocycles. The van der Waals surface area contributed by atoms with Crippen LogP contribution in [0.2, 0.25) is 0 Å². The molecule has 3 rings (SSSR count). The number of benzene rings is 2. The third-order valence-corrected chi connectivity index (χ3v) is 4.52. The molecular weight excluding hydrogens is 298 g/mol. The first-order valence-corrected chi connectivity index (χ1v) is 7.98. The third-order valence-electron chi connectivity index (χ3n) is 4.52. The lowest BCUT2D eigenvalue weighted by molar-refractivity contribution is 0.103. The van der Waals surface area contributed by atoms with E-state index in [4.69, 9.17) is 4.74 Å². The molecule has 2 aromatic carbocycles. The highest BCUT2D eigenvalue weighted by Crippen LogP contribution is 2.27. The lowest BCUT2D eigenvalue weighted by Gasteiger charge is -2.12. The van der Waals surface area contributed by atoms with Crippen LogP contribution in [-0.2, 0) is 0 Å². The van der Waals surface area contributed by atoms with Crippen LogP contribution in [-0.4, -0.2) is 17.9 Å². The van der Waals surface area contributed by atoms with Gasteiger partial charge in [-0.2, -0.15) is 0 Å². The molecule has 0 aliphatic heterocycles. The summed E-state index contributed by atoms with van der Waals surface area (Å²) in [6, 6.07) is 9.84. The minimum Gasteiger partial charge on any atom is -0.496 e. The number of carbonyl (C=O) groups excluding carboxylic acids is 1. The zero-order valence-electron chi connectivity index (χ0n) is 14.7. The number of carbonyl (C=O) groups is 1. The molecule has 0 radical (unpaired) electrons. The van der Waals surface area contributed by atoms with Gasteiger partial charge in [0, 0.05) is 17.1 Å². The van der Waals surface area contributed by atoms with Crippen LogP contribution in [0.1, 0.15) is 38.3 Å². The van der Waals surface area contributed by atoms with Crippen LogP contribution in [0.25, 0.3) is 10.8 Å². The summed E-state index contributed by atoms with van der Waals surface area (Å²) < 4.78 is 5.39. The van der Waals surface area contributed by atoms with Crippen molar-refractivity contribution in [3.05, 3.63) is 70.0 Å². The van der Waals surface area contributed by atoms with E-state index < -0.39 is 0 Å². The van der Waals surface area contributed by atoms with Gasteiger partial charge in [0.15, 0.2) is 0 Å². The molecule has 1 heterocycles. The number of aromatic nitrogens is 1. The molecule has 1 aromatic heterocycles. The van der Waals surface area contributed by atoms with Crippen molar-refractivity contribution < 1.29 is 9.53 Å². The van der Waals surface area contributed by atoms with Gasteiger partial charge in [-0.3, -0.25) is 9.78 Å². The van der Waals surface area contributed by atoms with Crippen molar-refractivity contribution in [1.29, 1.82) is 0 Å². The quantitative estimate of drug-likeness (QED) is 0.656. The lowest BCUT2D eigenvalue weighted by atomic mass is 9.96. The molecule has 0 fully saturated rings. The van der Waals surface area contributed by atoms with Crippen LogP contribution < -0.4 is 4.74 Å². The van der Waals surface area contributed by atoms with Crippen LogP contribution in [0.3, 0.4) is 0 Å². The van der Waals surface area contributed by atoms with Crippen LogP contribution in [0.4, 0.5) is 0 Å². The summed E-state index contributed by atoms with van der Waals surface area (Å²) in [4.78, 5) is 17.4. The number of rotatable bonds is 3. The van der Waals surface area contributed by atoms with Gasteiger partial charge >= 0.3 is 0 Å². The standard InChI is InChI=1S/C21H21NO2/c1-12-8-16-6-7-22-19(18(16)11-13(12)2)20(23)17-9-14(3)21(24-5)15(4)10-17/h6-11H,1-5H3. The van der Waals surface area contributed by atoms with Gasteiger partial charge in [-0.1, -0.05) is 6.07 Å². The summed E-state index contributed by atoms with van der Waals surface area (Å²) in [5.74, 6) is 0.765. The Hall–Kier alpha value is -2.68. The lowest BCUT2D eigenvalue weighted by Crippen LogP contribution is -2.07. The largest absolute Gasteiger partial charge is 0.496 e. The molecule has 0 spiro atoms. The van der Waals surface area contributed by atoms with Gasteiger partial charge in [-0.15, -0.1) is 0 Å². The Bertz CT molecular complexity index is 934. The Labute approximate surface area is 142 Å². The second kappa shape index (κ2) is 6.08. The molecule has 0 atom stereocenters. The average molecular weight is 319 g/mol. The molecule has 0 amide bonds. The minimum absolute atomic E-state index is 0.0577. The average Bonchev–Trinajstić information content (AvgIpc) is 2.54. The topological polar surface area (TPSA) is 39.2 Å². The number of pyridine rings is 1. The van der Waals surface area contributed by atoms with Crippen LogP contribution in [0.5, 0.6) is 5.75 Å². The van der Waals surface area contributed by atoms with Crippen molar-refractivity contribution in [2.75, 3.05) is 7.11 Å². The summed E-state index contributed by atoms with van der Waals surface area (Å²) in [6.07, 6.45) is 1.70. The second-order valence-electron chi connectivity index (χ2n) is 6.29. The van der Waals surface area contributed by atoms with E-state index in [-0.39, 0.29) is 5.78 Å². The molecule has 3 nitrogen and oxygen atoms in total. The van der Waals surface area contributed by atoms with E-state index in [1.165, 1.54) is 5.56 Å². The van der Waals surface area contributed by atoms with Crippen molar-refractivity contribution in [2.24, 2.45) is 0 Å². The molecule has 122 valence electrons. The van der Waals surface area contributed by atoms with Crippen molar-refractivity contribution in [1.82, 2.24) is 4.98 Å². The monoisotopic (exact) mass is 319 g/mol. The fourth-order valence-electron chi connectivity index (χ4n) is 3.16. The Morgan fingerprint density at radius 1 is 0.917 bits per heavy atom. The number of aryl methyl sites for hydroxylation is 4. The van der Waals surface area contributed by atoms with Gasteiger partial charge < -0.3 is 4.74 Å². The van der Waals surface area contributed by atoms with E-state index in [0.29, 0.717) is 11.3 Å². The van der Waals surface area contributed by atoms with Gasteiger partial charge in [0.2, 0.25) is 5.78 Å². The van der Waals surface area contributed by atoms with E-state index in [1.807, 2.05) is 38.1 Å². The van der Waals surface area contributed by atoms with Crippen molar-refractivity contribution in [3.8, 4) is 5.75 Å². The van der Waals surface area contributed by atoms with Crippen LogP contribution in [0.15, 0.2) is 36.5 Å². The van der Waals surface area contributed by atoms with E-state index in [9.17, 15) is 4.79 Å². The minimum atomic E-state index is -0.0577. The normalized spacial score (nSPS) is 10.9. The summed E-state index contributed by atoms with van der Waals surface area (Å²) in [5, 5.41) is 1.94. The molecule has 24 heavy (non-hydrogen) atoms. The van der Waals surface area contributed by atoms with Crippen molar-refractivity contribution >= 4 is 16.6 Å². The summed E-state index contributed by atoms with van der Waals surface area (Å²) in [5.41, 5.74) is 5.42. The number of hydrogen-bond acceptors (Lipinski definition) is 3. The van der Waals surface area contributed by atoms with E-state index in [1.54, 1.807) is 13.3 Å². The highest BCUT2D eigenvalue weighted by atomic mass is 16.5. The molecule has 3 aromatic rings. The van der Waals surface area contributed by atoms with Crippen LogP contribution in [0, 0.1) is 27.7 Å². The van der Waals surface area contributed by atoms with E-state index in [2.05, 4.69) is 24.9 Å². The zero-order chi connectivity index (χ0) is 17.4. The summed E-state index contributed by atoms with van der Waals surface area (Å²) in [7, 11) is 1.65. The molecule has 3 heteroatoms. The first-order chi connectivity index (χ1) is 11.4. The molecule has 0 saturated carbocycles. The number of nitrogens with zero attached hydrogens (tertiary/aromatic N) is 1. The maximum atomic E-state index is 13.1. The van der Waals surface area contributed by atoms with E-state index in [0.717, 1.165) is 33.2 Å². The Balaban J connectivity index is 2.18. The Kier molecular flexibility index (Phi) is 4.10. The number of fused-ring (bicyclic) bond motifs is 1. The highest BCUT2D eigenvalue weighted by Gasteiger charge is 2.17. The first-order valence-electron chi connectivity index (χ1n) is 7.98. The number of hydrogen-bond donors (Lipinski definition) is 0. The molecular formula is C21H21NO2. The fraction of sp³-hybridized carbons (Fsp3) is 0.238. The molecule has 0 bridgehead atoms. The predicted molar refractivity (Wildman–Crippen MR) is 97.1 cm³/mol. The Morgan fingerprint density at radius 3 is 2.17 bits per heavy atom. The smallest absolute Gasteiger partial charge is 0.211 e. The maximum absolute atomic E-state index is 13.1. The third kappa shape index (κ3) is 2.67. The maximum Gasteiger partial charge on any atom is 0.211 e. The Morgan fingerprint density at radius 2 is 1.54 bits per heavy atom. The molecule has 0 unspecified atom stereocenters. The summed E-state index contributed by atoms with van der Waals surface area (Å²) in [6.45, 7) is 8.03. The van der Waals surface area contributed by atoms with Crippen LogP contribution >= 0.6 is 0 Å². The van der Waals surface area contributed by atoms with Gasteiger partial charge in [0.05, 0.1) is 7.11 Å². The van der Waals surface area contributed by atoms with Gasteiger partial charge in [0.1, 0.15) is 11.4 Å². The van der Waals surface area contributed by atoms with Crippen molar-refractivity contribution in [2.45, 2.75) is 27.7 Å². The second-order valence-corrected chi connectivity index (χ2v) is 6.29. The predicted octanol–water partition coefficient (Wildman–Crippen LogP) is 4.71. The van der Waals surface area contributed by atoms with E-state index >= 15 is 0 Å². The molecule has 0 aliphatic rings. The first kappa shape index (κ1) is 16.2. The number of methoxy groups -OCH3 is 1. The number of ketones is 1. The summed E-state index contributed by atoms with van der Waals surface area (Å²) >= 11 is 0. The molecule has 0 N–H and O–H groups in total. The van der Waals surface area contributed by atoms with Gasteiger partial charge in [-0.25, -0.2) is 0 Å². The van der Waals surface area contributed by atoms with Gasteiger partial charge in [-0.05, 0) is 79.6 Å². The molecule has 0 saturated heterocycles. The fourth-order valence-corrected chi connectivity index (χ4v) is 3.16. The number of ether oxygens (including phenoxy) is 1. The van der Waals surface area contributed by atoms with Gasteiger partial charge in [0.25, 0.3) is 0 Å².